The van der Waals surface area contributed by atoms with Gasteiger partial charge >= 0.3 is 29.7 Å². The van der Waals surface area contributed by atoms with Gasteiger partial charge in [0.2, 0.25) is 11.9 Å². The van der Waals surface area contributed by atoms with Crippen LogP contribution in [0.25, 0.3) is 0 Å². The Hall–Kier alpha value is -4.30. The number of hydrogen-bond acceptors (Lipinski definition) is 12. The molecule has 204 valence electrons. The Morgan fingerprint density at radius 2 is 1.68 bits per heavy atom. The van der Waals surface area contributed by atoms with Crippen LogP contribution >= 0.6 is 0 Å². The molecule has 1 amide bonds. The summed E-state index contributed by atoms with van der Waals surface area (Å²) in [6, 6.07) is 10.2. The summed E-state index contributed by atoms with van der Waals surface area (Å²) in [6.07, 6.45) is -3.89. The van der Waals surface area contributed by atoms with E-state index in [1.54, 1.807) is 24.3 Å². The van der Waals surface area contributed by atoms with E-state index in [0.29, 0.717) is 0 Å². The predicted molar refractivity (Wildman–Crippen MR) is 126 cm³/mol. The van der Waals surface area contributed by atoms with E-state index in [9.17, 15) is 24.0 Å². The smallest absolute Gasteiger partial charge is 0.413 e. The van der Waals surface area contributed by atoms with Gasteiger partial charge in [-0.3, -0.25) is 24.3 Å². The number of nitrogens with zero attached hydrogens (tertiary/aromatic N) is 2. The molecule has 0 spiro atoms. The van der Waals surface area contributed by atoms with Crippen molar-refractivity contribution in [1.29, 1.82) is 0 Å². The lowest BCUT2D eigenvalue weighted by atomic mass is 10.1. The van der Waals surface area contributed by atoms with Gasteiger partial charge in [-0.25, -0.2) is 9.59 Å². The molecule has 0 saturated carbocycles. The molecule has 4 unspecified atom stereocenters. The summed E-state index contributed by atoms with van der Waals surface area (Å²) in [5.41, 5.74) is -0.160. The summed E-state index contributed by atoms with van der Waals surface area (Å²) in [5, 5.41) is 2.35. The number of nitrogens with one attached hydrogen (secondary N) is 1. The zero-order valence-electron chi connectivity index (χ0n) is 21.1. The van der Waals surface area contributed by atoms with Crippen molar-refractivity contribution in [2.75, 3.05) is 19.0 Å². The number of methoxy groups -OCH3 is 1. The molecule has 1 saturated heterocycles. The number of hydrogen-bond donors (Lipinski definition) is 1. The quantitative estimate of drug-likeness (QED) is 0.362. The SMILES string of the molecule is COC1(COC(C)=O)OC(n2ccc(NC(=O)OCc3ccccc3)nc2=O)C(OC(C)=O)C1OC(C)=O. The minimum atomic E-state index is -1.93. The van der Waals surface area contributed by atoms with Crippen LogP contribution in [0, 0.1) is 0 Å². The van der Waals surface area contributed by atoms with Gasteiger partial charge in [-0.1, -0.05) is 30.3 Å². The number of rotatable bonds is 9. The summed E-state index contributed by atoms with van der Waals surface area (Å²) < 4.78 is 33.1. The van der Waals surface area contributed by atoms with Crippen molar-refractivity contribution in [2.45, 2.75) is 51.6 Å². The number of ether oxygens (including phenoxy) is 6. The van der Waals surface area contributed by atoms with E-state index in [1.807, 2.05) is 6.07 Å². The highest BCUT2D eigenvalue weighted by molar-refractivity contribution is 5.83. The van der Waals surface area contributed by atoms with Crippen LogP contribution in [0.15, 0.2) is 47.4 Å². The van der Waals surface area contributed by atoms with Crippen LogP contribution in [0.5, 0.6) is 0 Å². The first kappa shape index (κ1) is 28.3. The Bertz CT molecular complexity index is 1230. The maximum Gasteiger partial charge on any atom is 0.413 e. The summed E-state index contributed by atoms with van der Waals surface area (Å²) in [5.74, 6) is -4.30. The third-order valence-corrected chi connectivity index (χ3v) is 5.30. The molecule has 3 rings (SSSR count). The first-order chi connectivity index (χ1) is 18.0. The molecule has 1 aliphatic heterocycles. The summed E-state index contributed by atoms with van der Waals surface area (Å²) >= 11 is 0. The number of amides is 1. The van der Waals surface area contributed by atoms with Crippen molar-refractivity contribution in [2.24, 2.45) is 0 Å². The van der Waals surface area contributed by atoms with Crippen LogP contribution in [-0.4, -0.2) is 65.3 Å². The average Bonchev–Trinajstić information content (AvgIpc) is 3.14. The van der Waals surface area contributed by atoms with Gasteiger partial charge in [0.15, 0.2) is 12.3 Å². The van der Waals surface area contributed by atoms with E-state index in [0.717, 1.165) is 30.9 Å². The number of esters is 3. The number of benzene rings is 1. The third kappa shape index (κ3) is 6.92. The topological polar surface area (TPSA) is 171 Å². The highest BCUT2D eigenvalue weighted by atomic mass is 16.8. The Balaban J connectivity index is 1.86. The fourth-order valence-electron chi connectivity index (χ4n) is 3.68. The van der Waals surface area contributed by atoms with Crippen molar-refractivity contribution in [3.63, 3.8) is 0 Å². The number of aromatic nitrogens is 2. The summed E-state index contributed by atoms with van der Waals surface area (Å²) in [6.45, 7) is 2.80. The molecule has 1 fully saturated rings. The molecule has 0 aliphatic carbocycles. The molecular weight excluding hydrogens is 506 g/mol. The lowest BCUT2D eigenvalue weighted by Gasteiger charge is -2.31. The number of anilines is 1. The first-order valence-corrected chi connectivity index (χ1v) is 11.3. The van der Waals surface area contributed by atoms with Crippen molar-refractivity contribution in [1.82, 2.24) is 9.55 Å². The average molecular weight is 533 g/mol. The van der Waals surface area contributed by atoms with Crippen LogP contribution in [0.4, 0.5) is 10.6 Å². The minimum absolute atomic E-state index is 0.00267. The van der Waals surface area contributed by atoms with Crippen LogP contribution in [0.2, 0.25) is 0 Å². The van der Waals surface area contributed by atoms with Crippen LogP contribution in [-0.2, 0) is 49.4 Å². The Morgan fingerprint density at radius 1 is 1.00 bits per heavy atom. The predicted octanol–water partition coefficient (Wildman–Crippen LogP) is 1.29. The summed E-state index contributed by atoms with van der Waals surface area (Å²) in [4.78, 5) is 64.1. The van der Waals surface area contributed by atoms with Crippen molar-refractivity contribution < 1.29 is 47.6 Å². The van der Waals surface area contributed by atoms with Crippen LogP contribution < -0.4 is 11.0 Å². The van der Waals surface area contributed by atoms with Gasteiger partial charge in [0.1, 0.15) is 19.0 Å². The molecule has 1 N–H and O–H groups in total. The van der Waals surface area contributed by atoms with E-state index >= 15 is 0 Å². The maximum absolute atomic E-state index is 12.9. The lowest BCUT2D eigenvalue weighted by Crippen LogP contribution is -2.51. The zero-order valence-corrected chi connectivity index (χ0v) is 21.1. The fourth-order valence-corrected chi connectivity index (χ4v) is 3.68. The Kier molecular flexibility index (Phi) is 9.15. The van der Waals surface area contributed by atoms with Crippen molar-refractivity contribution >= 4 is 29.8 Å². The lowest BCUT2D eigenvalue weighted by molar-refractivity contribution is -0.275. The Labute approximate surface area is 216 Å². The number of carbonyl (C=O) groups is 4. The molecule has 1 aromatic heterocycles. The second kappa shape index (κ2) is 12.3. The molecule has 14 nitrogen and oxygen atoms in total. The molecule has 0 bridgehead atoms. The first-order valence-electron chi connectivity index (χ1n) is 11.3. The standard InChI is InChI=1S/C24H27N3O11/c1-14(28)35-13-24(33-4)20(37-16(3)30)19(36-15(2)29)21(38-24)27-11-10-18(25-22(27)31)26-23(32)34-12-17-8-6-5-7-9-17/h5-11,19-21H,12-13H2,1-4H3,(H,25,26,31,32). The van der Waals surface area contributed by atoms with Gasteiger partial charge in [0.25, 0.3) is 0 Å². The maximum atomic E-state index is 12.9. The van der Waals surface area contributed by atoms with Gasteiger partial charge in [0.05, 0.1) is 0 Å². The van der Waals surface area contributed by atoms with Crippen molar-refractivity contribution in [3.05, 3.63) is 58.6 Å². The molecule has 0 radical (unpaired) electrons. The molecular formula is C24H27N3O11. The minimum Gasteiger partial charge on any atom is -0.460 e. The zero-order chi connectivity index (χ0) is 27.9. The van der Waals surface area contributed by atoms with Crippen LogP contribution in [0.1, 0.15) is 32.6 Å². The second-order valence-corrected chi connectivity index (χ2v) is 8.10. The van der Waals surface area contributed by atoms with Crippen molar-refractivity contribution in [3.8, 4) is 0 Å². The van der Waals surface area contributed by atoms with E-state index in [4.69, 9.17) is 28.4 Å². The molecule has 1 aliphatic rings. The van der Waals surface area contributed by atoms with Gasteiger partial charge in [-0.2, -0.15) is 4.98 Å². The monoisotopic (exact) mass is 533 g/mol. The molecule has 14 heteroatoms. The van der Waals surface area contributed by atoms with Gasteiger partial charge < -0.3 is 28.4 Å². The van der Waals surface area contributed by atoms with Gasteiger partial charge in [-0.05, 0) is 11.6 Å². The van der Waals surface area contributed by atoms with Crippen LogP contribution in [0.3, 0.4) is 0 Å². The normalized spacial score (nSPS) is 22.3. The van der Waals surface area contributed by atoms with Gasteiger partial charge in [-0.15, -0.1) is 0 Å². The molecule has 1 aromatic carbocycles. The van der Waals surface area contributed by atoms with E-state index in [2.05, 4.69) is 10.3 Å². The Morgan fingerprint density at radius 3 is 2.26 bits per heavy atom. The molecule has 4 atom stereocenters. The highest BCUT2D eigenvalue weighted by Crippen LogP contribution is 2.41. The molecule has 38 heavy (non-hydrogen) atoms. The largest absolute Gasteiger partial charge is 0.460 e. The van der Waals surface area contributed by atoms with Gasteiger partial charge in [0, 0.05) is 34.1 Å². The van der Waals surface area contributed by atoms with E-state index in [-0.39, 0.29) is 12.4 Å². The number of carbonyl (C=O) groups excluding carboxylic acids is 4. The molecule has 2 aromatic rings. The van der Waals surface area contributed by atoms with E-state index < -0.39 is 60.5 Å². The van der Waals surface area contributed by atoms with E-state index in [1.165, 1.54) is 19.4 Å². The third-order valence-electron chi connectivity index (χ3n) is 5.30. The summed E-state index contributed by atoms with van der Waals surface area (Å²) in [7, 11) is 1.20. The molecule has 2 heterocycles. The highest BCUT2D eigenvalue weighted by Gasteiger charge is 2.61. The second-order valence-electron chi connectivity index (χ2n) is 8.10. The fraction of sp³-hybridized carbons (Fsp3) is 0.417.